The maximum absolute atomic E-state index is 14.0. The van der Waals surface area contributed by atoms with Crippen LogP contribution in [-0.2, 0) is 4.74 Å². The van der Waals surface area contributed by atoms with Gasteiger partial charge < -0.3 is 15.0 Å². The van der Waals surface area contributed by atoms with E-state index in [0.717, 1.165) is 0 Å². The van der Waals surface area contributed by atoms with E-state index in [-0.39, 0.29) is 11.8 Å². The summed E-state index contributed by atoms with van der Waals surface area (Å²) < 4.78 is 18.6. The van der Waals surface area contributed by atoms with Crippen molar-refractivity contribution in [2.45, 2.75) is 19.4 Å². The van der Waals surface area contributed by atoms with E-state index in [1.807, 2.05) is 0 Å². The molecular weight excluding hydrogens is 263 g/mol. The number of carbonyl (C=O) groups is 2. The molecule has 1 fully saturated rings. The number of nitrogens with one attached hydrogen (secondary N) is 1. The minimum absolute atomic E-state index is 0.109. The highest BCUT2D eigenvalue weighted by molar-refractivity contribution is 5.99. The van der Waals surface area contributed by atoms with Gasteiger partial charge in [-0.2, -0.15) is 0 Å². The molecule has 20 heavy (non-hydrogen) atoms. The molecule has 5 nitrogen and oxygen atoms in total. The number of methoxy groups -OCH3 is 1. The monoisotopic (exact) mass is 280 g/mol. The molecule has 6 heteroatoms. The van der Waals surface area contributed by atoms with Gasteiger partial charge in [0, 0.05) is 18.7 Å². The van der Waals surface area contributed by atoms with Crippen LogP contribution in [0.3, 0.4) is 0 Å². The maximum atomic E-state index is 14.0. The van der Waals surface area contributed by atoms with E-state index in [1.54, 1.807) is 11.0 Å². The number of hydrogen-bond donors (Lipinski definition) is 1. The first-order valence-corrected chi connectivity index (χ1v) is 6.41. The number of halogens is 1. The fourth-order valence-electron chi connectivity index (χ4n) is 2.43. The molecule has 1 amide bonds. The molecule has 1 atom stereocenters. The zero-order chi connectivity index (χ0) is 14.7. The van der Waals surface area contributed by atoms with Gasteiger partial charge in [-0.1, -0.05) is 6.07 Å². The van der Waals surface area contributed by atoms with Crippen LogP contribution in [0.15, 0.2) is 18.2 Å². The molecule has 2 rings (SSSR count). The fourth-order valence-corrected chi connectivity index (χ4v) is 2.43. The highest BCUT2D eigenvalue weighted by atomic mass is 19.1. The Hall–Kier alpha value is -2.11. The summed E-state index contributed by atoms with van der Waals surface area (Å²) in [4.78, 5) is 24.6. The summed E-state index contributed by atoms with van der Waals surface area (Å²) in [6.45, 7) is 2.45. The number of nitrogens with zero attached hydrogens (tertiary/aromatic N) is 1. The van der Waals surface area contributed by atoms with Gasteiger partial charge in [-0.3, -0.25) is 4.79 Å². The molecule has 1 unspecified atom stereocenters. The van der Waals surface area contributed by atoms with Gasteiger partial charge in [0.05, 0.1) is 18.8 Å². The molecule has 0 saturated carbocycles. The Balaban J connectivity index is 2.18. The molecule has 1 heterocycles. The molecule has 0 bridgehead atoms. The maximum Gasteiger partial charge on any atom is 0.407 e. The second kappa shape index (κ2) is 5.90. The van der Waals surface area contributed by atoms with Crippen LogP contribution >= 0.6 is 0 Å². The van der Waals surface area contributed by atoms with Crippen molar-refractivity contribution in [2.24, 2.45) is 0 Å². The summed E-state index contributed by atoms with van der Waals surface area (Å²) in [6, 6.07) is 4.36. The summed E-state index contributed by atoms with van der Waals surface area (Å²) in [7, 11) is 1.30. The lowest BCUT2D eigenvalue weighted by Gasteiger charge is -2.22. The lowest BCUT2D eigenvalue weighted by Crippen LogP contribution is -2.37. The summed E-state index contributed by atoms with van der Waals surface area (Å²) in [5.74, 6) is -0.597. The molecule has 1 aromatic rings. The second-order valence-corrected chi connectivity index (χ2v) is 4.76. The van der Waals surface area contributed by atoms with Crippen molar-refractivity contribution in [2.75, 3.05) is 25.1 Å². The number of rotatable bonds is 3. The van der Waals surface area contributed by atoms with Gasteiger partial charge in [0.25, 0.3) is 0 Å². The van der Waals surface area contributed by atoms with Crippen LogP contribution in [0.4, 0.5) is 14.9 Å². The summed E-state index contributed by atoms with van der Waals surface area (Å²) in [5.41, 5.74) is 0.679. The topological polar surface area (TPSA) is 58.6 Å². The second-order valence-electron chi connectivity index (χ2n) is 4.76. The van der Waals surface area contributed by atoms with Gasteiger partial charge >= 0.3 is 6.09 Å². The Labute approximate surface area is 116 Å². The van der Waals surface area contributed by atoms with E-state index in [0.29, 0.717) is 30.8 Å². The van der Waals surface area contributed by atoms with Crippen LogP contribution in [0.5, 0.6) is 0 Å². The average molecular weight is 280 g/mol. The summed E-state index contributed by atoms with van der Waals surface area (Å²) in [5, 5.41) is 2.69. The smallest absolute Gasteiger partial charge is 0.407 e. The molecule has 0 radical (unpaired) electrons. The first kappa shape index (κ1) is 14.3. The number of benzene rings is 1. The number of amides is 1. The molecule has 0 aromatic heterocycles. The van der Waals surface area contributed by atoms with Crippen LogP contribution in [0.25, 0.3) is 0 Å². The van der Waals surface area contributed by atoms with E-state index in [9.17, 15) is 14.0 Å². The van der Waals surface area contributed by atoms with Crippen molar-refractivity contribution >= 4 is 17.6 Å². The summed E-state index contributed by atoms with van der Waals surface area (Å²) in [6.07, 6.45) is 0.179. The molecule has 1 aromatic carbocycles. The quantitative estimate of drug-likeness (QED) is 0.860. The van der Waals surface area contributed by atoms with Crippen molar-refractivity contribution in [1.29, 1.82) is 0 Å². The van der Waals surface area contributed by atoms with Crippen LogP contribution in [0.2, 0.25) is 0 Å². The zero-order valence-corrected chi connectivity index (χ0v) is 11.5. The van der Waals surface area contributed by atoms with Crippen molar-refractivity contribution < 1.29 is 18.7 Å². The Morgan fingerprint density at radius 3 is 2.85 bits per heavy atom. The number of alkyl carbamates (subject to hydrolysis) is 1. The summed E-state index contributed by atoms with van der Waals surface area (Å²) >= 11 is 0. The Bertz CT molecular complexity index is 533. The highest BCUT2D eigenvalue weighted by Crippen LogP contribution is 2.28. The normalized spacial score (nSPS) is 17.9. The molecule has 1 aliphatic rings. The number of ether oxygens (including phenoxy) is 1. The number of Topliss-reactive ketones (excluding diaryl/α,β-unsaturated/α-hetero) is 1. The van der Waals surface area contributed by atoms with Crippen molar-refractivity contribution in [1.82, 2.24) is 5.32 Å². The van der Waals surface area contributed by atoms with E-state index < -0.39 is 11.9 Å². The largest absolute Gasteiger partial charge is 0.453 e. The van der Waals surface area contributed by atoms with E-state index >= 15 is 0 Å². The van der Waals surface area contributed by atoms with Crippen LogP contribution in [0, 0.1) is 5.82 Å². The van der Waals surface area contributed by atoms with Gasteiger partial charge in [-0.25, -0.2) is 9.18 Å². The Morgan fingerprint density at radius 1 is 1.45 bits per heavy atom. The van der Waals surface area contributed by atoms with Crippen molar-refractivity contribution in [3.05, 3.63) is 29.6 Å². The third-order valence-corrected chi connectivity index (χ3v) is 3.38. The Kier molecular flexibility index (Phi) is 4.22. The lowest BCUT2D eigenvalue weighted by atomic mass is 10.1. The number of hydrogen-bond acceptors (Lipinski definition) is 4. The standard InChI is InChI=1S/C14H17FN2O3/c1-9(18)11-4-3-5-12(15)13(11)17-7-6-10(8-17)16-14(19)20-2/h3-5,10H,6-8H2,1-2H3,(H,16,19). The van der Waals surface area contributed by atoms with Gasteiger partial charge in [0.2, 0.25) is 0 Å². The van der Waals surface area contributed by atoms with Crippen molar-refractivity contribution in [3.63, 3.8) is 0 Å². The molecule has 1 aliphatic heterocycles. The number of ketones is 1. The fraction of sp³-hybridized carbons (Fsp3) is 0.429. The van der Waals surface area contributed by atoms with Crippen LogP contribution < -0.4 is 10.2 Å². The molecular formula is C14H17FN2O3. The number of para-hydroxylation sites is 1. The van der Waals surface area contributed by atoms with Gasteiger partial charge in [0.15, 0.2) is 5.78 Å². The van der Waals surface area contributed by atoms with Gasteiger partial charge in [-0.15, -0.1) is 0 Å². The van der Waals surface area contributed by atoms with Crippen LogP contribution in [-0.4, -0.2) is 38.1 Å². The van der Waals surface area contributed by atoms with E-state index in [4.69, 9.17) is 0 Å². The molecule has 0 spiro atoms. The predicted octanol–water partition coefficient (Wildman–Crippen LogP) is 1.96. The van der Waals surface area contributed by atoms with Crippen LogP contribution in [0.1, 0.15) is 23.7 Å². The first-order valence-electron chi connectivity index (χ1n) is 6.41. The first-order chi connectivity index (χ1) is 9.52. The number of carbonyl (C=O) groups excluding carboxylic acids is 2. The highest BCUT2D eigenvalue weighted by Gasteiger charge is 2.28. The van der Waals surface area contributed by atoms with Crippen molar-refractivity contribution in [3.8, 4) is 0 Å². The van der Waals surface area contributed by atoms with Gasteiger partial charge in [-0.05, 0) is 25.5 Å². The predicted molar refractivity (Wildman–Crippen MR) is 72.6 cm³/mol. The van der Waals surface area contributed by atoms with E-state index in [2.05, 4.69) is 10.1 Å². The molecule has 1 N–H and O–H groups in total. The zero-order valence-electron chi connectivity index (χ0n) is 11.5. The Morgan fingerprint density at radius 2 is 2.20 bits per heavy atom. The third kappa shape index (κ3) is 2.89. The molecule has 1 saturated heterocycles. The average Bonchev–Trinajstić information content (AvgIpc) is 2.86. The lowest BCUT2D eigenvalue weighted by molar-refractivity contribution is 0.101. The minimum Gasteiger partial charge on any atom is -0.453 e. The molecule has 108 valence electrons. The van der Waals surface area contributed by atoms with Gasteiger partial charge in [0.1, 0.15) is 5.82 Å². The third-order valence-electron chi connectivity index (χ3n) is 3.38. The van der Waals surface area contributed by atoms with E-state index in [1.165, 1.54) is 26.2 Å². The molecule has 0 aliphatic carbocycles. The number of anilines is 1. The SMILES string of the molecule is COC(=O)NC1CCN(c2c(F)cccc2C(C)=O)C1. The minimum atomic E-state index is -0.503.